The number of halogens is 3. The first kappa shape index (κ1) is 27.4. The fraction of sp³-hybridized carbons (Fsp3) is 0.357. The second-order valence-corrected chi connectivity index (χ2v) is 10.0. The minimum absolute atomic E-state index is 0.00550. The highest BCUT2D eigenvalue weighted by Crippen LogP contribution is 2.32. The van der Waals surface area contributed by atoms with Crippen molar-refractivity contribution in [2.75, 3.05) is 31.5 Å². The average molecular weight is 555 g/mol. The molecular weight excluding hydrogens is 525 g/mol. The second kappa shape index (κ2) is 11.1. The van der Waals surface area contributed by atoms with Crippen LogP contribution in [0.25, 0.3) is 5.57 Å². The highest BCUT2D eigenvalue weighted by atomic mass is 19.4. The van der Waals surface area contributed by atoms with Crippen LogP contribution in [0.15, 0.2) is 64.7 Å². The summed E-state index contributed by atoms with van der Waals surface area (Å²) in [7, 11) is 0. The minimum Gasteiger partial charge on any atom is -0.391 e. The number of β-amino-alcohol motifs (C(OH)–C–C–N with tert-alkyl or cyclic N) is 1. The Morgan fingerprint density at radius 2 is 1.95 bits per heavy atom. The molecule has 210 valence electrons. The predicted molar refractivity (Wildman–Crippen MR) is 145 cm³/mol. The van der Waals surface area contributed by atoms with Gasteiger partial charge in [-0.2, -0.15) is 18.3 Å². The van der Waals surface area contributed by atoms with E-state index < -0.39 is 24.9 Å². The molecule has 0 spiro atoms. The van der Waals surface area contributed by atoms with Crippen molar-refractivity contribution in [1.29, 1.82) is 0 Å². The van der Waals surface area contributed by atoms with E-state index in [4.69, 9.17) is 0 Å². The van der Waals surface area contributed by atoms with Crippen molar-refractivity contribution in [2.24, 2.45) is 10.1 Å². The van der Waals surface area contributed by atoms with Gasteiger partial charge in [0.1, 0.15) is 12.4 Å². The molecule has 9 nitrogen and oxygen atoms in total. The molecule has 0 saturated carbocycles. The van der Waals surface area contributed by atoms with Gasteiger partial charge in [0, 0.05) is 24.4 Å². The van der Waals surface area contributed by atoms with E-state index in [2.05, 4.69) is 15.4 Å². The van der Waals surface area contributed by atoms with Crippen LogP contribution >= 0.6 is 0 Å². The number of hydrazone groups is 1. The molecule has 2 aromatic carbocycles. The molecule has 3 aliphatic heterocycles. The Morgan fingerprint density at radius 1 is 1.18 bits per heavy atom. The van der Waals surface area contributed by atoms with E-state index >= 15 is 0 Å². The van der Waals surface area contributed by atoms with Gasteiger partial charge in [-0.25, -0.2) is 9.80 Å². The number of allylic oxidation sites excluding steroid dienone is 1. The number of fused-ring (bicyclic) bond motifs is 1. The van der Waals surface area contributed by atoms with Gasteiger partial charge < -0.3 is 20.6 Å². The SMILES string of the molecule is CC(C(=O)N1CC[C@H](O)C1)c1ccc(C2=CC3=NCC(c4cccc(NC(=O)NCC(F)(F)F)c4)N3N=C2)cc1. The average Bonchev–Trinajstić information content (AvgIpc) is 3.57. The number of anilines is 1. The van der Waals surface area contributed by atoms with Gasteiger partial charge >= 0.3 is 12.2 Å². The molecule has 0 aromatic heterocycles. The number of carbonyl (C=O) groups is 2. The third kappa shape index (κ3) is 6.17. The van der Waals surface area contributed by atoms with Crippen molar-refractivity contribution >= 4 is 35.2 Å². The number of benzene rings is 2. The third-order valence-corrected chi connectivity index (χ3v) is 7.13. The topological polar surface area (TPSA) is 110 Å². The normalized spacial score (nSPS) is 21.0. The fourth-order valence-electron chi connectivity index (χ4n) is 4.95. The van der Waals surface area contributed by atoms with Gasteiger partial charge in [0.25, 0.3) is 0 Å². The number of urea groups is 1. The quantitative estimate of drug-likeness (QED) is 0.503. The standard InChI is InChI=1S/C28H29F3N6O3/c1-17(26(39)36-10-9-23(38)15-36)18-5-7-19(8-6-18)21-12-25-32-14-24(37(25)34-13-21)20-3-2-4-22(11-20)35-27(40)33-16-28(29,30)31/h2-8,11-13,17,23-24,38H,9-10,14-16H2,1H3,(H2,33,35,40)/t17?,23-,24?/m0/s1. The number of amides is 3. The first-order valence-electron chi connectivity index (χ1n) is 13.0. The zero-order chi connectivity index (χ0) is 28.4. The summed E-state index contributed by atoms with van der Waals surface area (Å²) in [4.78, 5) is 30.9. The summed E-state index contributed by atoms with van der Waals surface area (Å²) in [6.07, 6.45) is -0.674. The number of alkyl halides is 3. The molecule has 1 fully saturated rings. The fourth-order valence-corrected chi connectivity index (χ4v) is 4.95. The molecule has 3 heterocycles. The van der Waals surface area contributed by atoms with E-state index in [1.807, 2.05) is 43.3 Å². The molecule has 0 radical (unpaired) electrons. The molecule has 3 N–H and O–H groups in total. The van der Waals surface area contributed by atoms with E-state index in [0.717, 1.165) is 22.3 Å². The maximum atomic E-state index is 12.8. The number of aliphatic hydroxyl groups excluding tert-OH is 1. The highest BCUT2D eigenvalue weighted by Gasteiger charge is 2.31. The van der Waals surface area contributed by atoms with Crippen LogP contribution < -0.4 is 10.6 Å². The molecule has 3 amide bonds. The molecule has 5 rings (SSSR count). The molecule has 40 heavy (non-hydrogen) atoms. The molecule has 12 heteroatoms. The van der Waals surface area contributed by atoms with Gasteiger partial charge in [0.15, 0.2) is 0 Å². The number of carbonyl (C=O) groups excluding carboxylic acids is 2. The number of aliphatic hydroxyl groups is 1. The molecule has 0 bridgehead atoms. The Kier molecular flexibility index (Phi) is 7.61. The Morgan fingerprint density at radius 3 is 2.65 bits per heavy atom. The van der Waals surface area contributed by atoms with Crippen LogP contribution in [0.5, 0.6) is 0 Å². The van der Waals surface area contributed by atoms with E-state index in [1.165, 1.54) is 0 Å². The lowest BCUT2D eigenvalue weighted by Gasteiger charge is -2.25. The van der Waals surface area contributed by atoms with Crippen LogP contribution in [0.2, 0.25) is 0 Å². The molecule has 2 aromatic rings. The van der Waals surface area contributed by atoms with Crippen molar-refractivity contribution in [3.63, 3.8) is 0 Å². The maximum Gasteiger partial charge on any atom is 0.405 e. The van der Waals surface area contributed by atoms with Crippen LogP contribution in [-0.2, 0) is 4.79 Å². The minimum atomic E-state index is -4.49. The first-order valence-corrected chi connectivity index (χ1v) is 13.0. The van der Waals surface area contributed by atoms with Gasteiger partial charge in [-0.3, -0.25) is 9.79 Å². The zero-order valence-corrected chi connectivity index (χ0v) is 21.7. The summed E-state index contributed by atoms with van der Waals surface area (Å²) in [5.74, 6) is 0.361. The Hall–Kier alpha value is -4.19. The molecule has 2 unspecified atom stereocenters. The summed E-state index contributed by atoms with van der Waals surface area (Å²) in [6, 6.07) is 13.4. The summed E-state index contributed by atoms with van der Waals surface area (Å²) >= 11 is 0. The lowest BCUT2D eigenvalue weighted by atomic mass is 9.96. The van der Waals surface area contributed by atoms with Crippen LogP contribution in [0.1, 0.15) is 42.0 Å². The first-order chi connectivity index (χ1) is 19.1. The Bertz CT molecular complexity index is 1370. The van der Waals surface area contributed by atoms with Crippen LogP contribution in [-0.4, -0.2) is 77.5 Å². The van der Waals surface area contributed by atoms with Gasteiger partial charge in [0.05, 0.1) is 30.8 Å². The van der Waals surface area contributed by atoms with Crippen LogP contribution in [0.4, 0.5) is 23.7 Å². The number of hydrogen-bond donors (Lipinski definition) is 3. The van der Waals surface area contributed by atoms with E-state index in [0.29, 0.717) is 37.6 Å². The van der Waals surface area contributed by atoms with Crippen molar-refractivity contribution in [3.05, 3.63) is 71.3 Å². The Balaban J connectivity index is 1.22. The molecule has 1 saturated heterocycles. The zero-order valence-electron chi connectivity index (χ0n) is 21.7. The number of amidine groups is 1. The third-order valence-electron chi connectivity index (χ3n) is 7.13. The lowest BCUT2D eigenvalue weighted by Crippen LogP contribution is -2.36. The number of likely N-dealkylation sites (tertiary alicyclic amines) is 1. The highest BCUT2D eigenvalue weighted by molar-refractivity contribution is 6.19. The largest absolute Gasteiger partial charge is 0.405 e. The molecular formula is C28H29F3N6O3. The predicted octanol–water partition coefficient (Wildman–Crippen LogP) is 3.91. The van der Waals surface area contributed by atoms with Crippen molar-refractivity contribution in [1.82, 2.24) is 15.2 Å². The number of nitrogens with one attached hydrogen (secondary N) is 2. The van der Waals surface area contributed by atoms with E-state index in [9.17, 15) is 27.9 Å². The molecule has 0 aliphatic carbocycles. The van der Waals surface area contributed by atoms with Crippen molar-refractivity contribution in [3.8, 4) is 0 Å². The van der Waals surface area contributed by atoms with Gasteiger partial charge in [-0.05, 0) is 48.2 Å². The summed E-state index contributed by atoms with van der Waals surface area (Å²) in [6.45, 7) is 1.82. The number of rotatable bonds is 6. The van der Waals surface area contributed by atoms with Crippen molar-refractivity contribution in [2.45, 2.75) is 37.6 Å². The molecule has 3 atom stereocenters. The monoisotopic (exact) mass is 554 g/mol. The van der Waals surface area contributed by atoms with Crippen molar-refractivity contribution < 1.29 is 27.9 Å². The van der Waals surface area contributed by atoms with E-state index in [-0.39, 0.29) is 17.9 Å². The van der Waals surface area contributed by atoms with Gasteiger partial charge in [-0.15, -0.1) is 0 Å². The number of nitrogens with zero attached hydrogens (tertiary/aromatic N) is 4. The maximum absolute atomic E-state index is 12.8. The number of hydrogen-bond acceptors (Lipinski definition) is 6. The van der Waals surface area contributed by atoms with E-state index in [1.54, 1.807) is 39.6 Å². The Labute approximate surface area is 229 Å². The smallest absolute Gasteiger partial charge is 0.391 e. The summed E-state index contributed by atoms with van der Waals surface area (Å²) in [5.41, 5.74) is 3.83. The van der Waals surface area contributed by atoms with Crippen LogP contribution in [0.3, 0.4) is 0 Å². The summed E-state index contributed by atoms with van der Waals surface area (Å²) < 4.78 is 37.1. The number of aliphatic imine (C=N–C) groups is 1. The van der Waals surface area contributed by atoms with Gasteiger partial charge in [0.2, 0.25) is 5.91 Å². The summed E-state index contributed by atoms with van der Waals surface area (Å²) in [5, 5.41) is 20.3. The lowest BCUT2D eigenvalue weighted by molar-refractivity contribution is -0.131. The van der Waals surface area contributed by atoms with Crippen LogP contribution in [0, 0.1) is 0 Å². The second-order valence-electron chi connectivity index (χ2n) is 10.0. The molecule has 3 aliphatic rings. The van der Waals surface area contributed by atoms with Gasteiger partial charge in [-0.1, -0.05) is 36.4 Å².